The molecule has 0 aromatic heterocycles. The number of hydrogen-bond acceptors (Lipinski definition) is 4. The Labute approximate surface area is 135 Å². The monoisotopic (exact) mass is 325 g/mol. The zero-order valence-corrected chi connectivity index (χ0v) is 13.1. The Morgan fingerprint density at radius 1 is 1.23 bits per heavy atom. The lowest BCUT2D eigenvalue weighted by Crippen LogP contribution is -2.44. The van der Waals surface area contributed by atoms with Crippen molar-refractivity contribution in [3.05, 3.63) is 39.9 Å². The van der Waals surface area contributed by atoms with Gasteiger partial charge in [-0.2, -0.15) is 0 Å². The maximum Gasteiger partial charge on any atom is 0.282 e. The second-order valence-electron chi connectivity index (χ2n) is 5.99. The highest BCUT2D eigenvalue weighted by atomic mass is 35.5. The van der Waals surface area contributed by atoms with Crippen molar-refractivity contribution in [3.63, 3.8) is 0 Å². The van der Waals surface area contributed by atoms with E-state index < -0.39 is 4.92 Å². The van der Waals surface area contributed by atoms with Gasteiger partial charge in [-0.3, -0.25) is 14.9 Å². The molecule has 1 aromatic rings. The average molecular weight is 326 g/mol. The molecule has 120 valence electrons. The number of halogens is 1. The lowest BCUT2D eigenvalue weighted by molar-refractivity contribution is -0.385. The number of carbonyl (C=O) groups is 1. The zero-order chi connectivity index (χ0) is 14.9. The van der Waals surface area contributed by atoms with Gasteiger partial charge in [-0.15, -0.1) is 12.4 Å². The molecular formula is C15H20ClN3O3. The highest BCUT2D eigenvalue weighted by molar-refractivity contribution is 5.98. The Kier molecular flexibility index (Phi) is 5.03. The summed E-state index contributed by atoms with van der Waals surface area (Å²) < 4.78 is 0. The molecule has 2 saturated heterocycles. The molecule has 1 aromatic carbocycles. The van der Waals surface area contributed by atoms with Gasteiger partial charge in [-0.1, -0.05) is 12.1 Å². The zero-order valence-electron chi connectivity index (χ0n) is 12.3. The van der Waals surface area contributed by atoms with Crippen LogP contribution in [0.2, 0.25) is 0 Å². The molecular weight excluding hydrogens is 306 g/mol. The first-order valence-electron chi connectivity index (χ1n) is 7.35. The van der Waals surface area contributed by atoms with Gasteiger partial charge in [0.15, 0.2) is 0 Å². The fourth-order valence-electron chi connectivity index (χ4n) is 3.39. The van der Waals surface area contributed by atoms with E-state index in [0.717, 1.165) is 25.9 Å². The van der Waals surface area contributed by atoms with Crippen LogP contribution in [0.3, 0.4) is 0 Å². The van der Waals surface area contributed by atoms with Crippen LogP contribution >= 0.6 is 12.4 Å². The Bertz CT molecular complexity index is 563. The molecule has 0 atom stereocenters. The van der Waals surface area contributed by atoms with Gasteiger partial charge >= 0.3 is 0 Å². The number of benzene rings is 1. The van der Waals surface area contributed by atoms with Gasteiger partial charge in [-0.05, 0) is 37.3 Å². The molecule has 0 unspecified atom stereocenters. The molecule has 22 heavy (non-hydrogen) atoms. The Hall–Kier alpha value is -1.66. The average Bonchev–Trinajstić information content (AvgIpc) is 2.95. The fraction of sp³-hybridized carbons (Fsp3) is 0.533. The van der Waals surface area contributed by atoms with Crippen LogP contribution in [-0.2, 0) is 0 Å². The van der Waals surface area contributed by atoms with Gasteiger partial charge < -0.3 is 10.2 Å². The van der Waals surface area contributed by atoms with Gasteiger partial charge in [0.25, 0.3) is 11.6 Å². The number of nitro groups is 1. The minimum Gasteiger partial charge on any atom is -0.338 e. The third-order valence-corrected chi connectivity index (χ3v) is 4.77. The summed E-state index contributed by atoms with van der Waals surface area (Å²) in [6, 6.07) is 6.19. The molecule has 0 bridgehead atoms. The van der Waals surface area contributed by atoms with Gasteiger partial charge in [0.2, 0.25) is 0 Å². The Morgan fingerprint density at radius 2 is 1.91 bits per heavy atom. The molecule has 2 aliphatic rings. The standard InChI is InChI=1S/C15H19N3O3.ClH/c19-14(12-3-1-2-4-13(12)18(20)21)17-9-6-15(7-10-17)5-8-16-11-15;/h1-4,16H,5-11H2;1H. The van der Waals surface area contributed by atoms with Crippen molar-refractivity contribution in [3.8, 4) is 0 Å². The van der Waals surface area contributed by atoms with Gasteiger partial charge in [0, 0.05) is 25.7 Å². The van der Waals surface area contributed by atoms with Crippen LogP contribution in [0.4, 0.5) is 5.69 Å². The molecule has 6 nitrogen and oxygen atoms in total. The largest absolute Gasteiger partial charge is 0.338 e. The number of likely N-dealkylation sites (tertiary alicyclic amines) is 1. The van der Waals surface area contributed by atoms with Crippen molar-refractivity contribution in [2.24, 2.45) is 5.41 Å². The van der Waals surface area contributed by atoms with E-state index in [1.807, 2.05) is 0 Å². The predicted molar refractivity (Wildman–Crippen MR) is 85.4 cm³/mol. The Balaban J connectivity index is 0.00000176. The SMILES string of the molecule is Cl.O=C(c1ccccc1[N+](=O)[O-])N1CCC2(CCNC2)CC1. The van der Waals surface area contributed by atoms with Gasteiger partial charge in [0.05, 0.1) is 4.92 Å². The van der Waals surface area contributed by atoms with Crippen LogP contribution in [-0.4, -0.2) is 41.9 Å². The van der Waals surface area contributed by atoms with Gasteiger partial charge in [-0.25, -0.2) is 0 Å². The van der Waals surface area contributed by atoms with Gasteiger partial charge in [0.1, 0.15) is 5.56 Å². The van der Waals surface area contributed by atoms with Crippen LogP contribution in [0.5, 0.6) is 0 Å². The normalized spacial score (nSPS) is 19.7. The summed E-state index contributed by atoms with van der Waals surface area (Å²) in [6.45, 7) is 3.46. The molecule has 2 aliphatic heterocycles. The second-order valence-corrected chi connectivity index (χ2v) is 5.99. The number of amides is 1. The van der Waals surface area contributed by atoms with Crippen LogP contribution in [0.15, 0.2) is 24.3 Å². The Morgan fingerprint density at radius 3 is 2.50 bits per heavy atom. The summed E-state index contributed by atoms with van der Waals surface area (Å²) in [5.41, 5.74) is 0.424. The highest BCUT2D eigenvalue weighted by Gasteiger charge is 2.38. The number of nitrogens with one attached hydrogen (secondary N) is 1. The number of nitrogens with zero attached hydrogens (tertiary/aromatic N) is 2. The van der Waals surface area contributed by atoms with Crippen LogP contribution in [0.25, 0.3) is 0 Å². The number of nitro benzene ring substituents is 1. The first-order valence-corrected chi connectivity index (χ1v) is 7.35. The maximum atomic E-state index is 12.5. The van der Waals surface area contributed by atoms with Crippen molar-refractivity contribution in [2.45, 2.75) is 19.3 Å². The van der Waals surface area contributed by atoms with E-state index in [-0.39, 0.29) is 29.6 Å². The summed E-state index contributed by atoms with van der Waals surface area (Å²) in [6.07, 6.45) is 3.12. The third-order valence-electron chi connectivity index (χ3n) is 4.77. The van der Waals surface area contributed by atoms with Crippen molar-refractivity contribution < 1.29 is 9.72 Å². The molecule has 0 aliphatic carbocycles. The molecule has 0 saturated carbocycles. The first-order chi connectivity index (χ1) is 10.1. The molecule has 1 N–H and O–H groups in total. The summed E-state index contributed by atoms with van der Waals surface area (Å²) in [4.78, 5) is 24.8. The molecule has 2 fully saturated rings. The quantitative estimate of drug-likeness (QED) is 0.668. The topological polar surface area (TPSA) is 75.5 Å². The van der Waals surface area contributed by atoms with E-state index in [9.17, 15) is 14.9 Å². The lowest BCUT2D eigenvalue weighted by Gasteiger charge is -2.38. The number of carbonyl (C=O) groups excluding carboxylic acids is 1. The van der Waals surface area contributed by atoms with E-state index in [1.165, 1.54) is 12.5 Å². The highest BCUT2D eigenvalue weighted by Crippen LogP contribution is 2.37. The second kappa shape index (κ2) is 6.62. The summed E-state index contributed by atoms with van der Waals surface area (Å²) in [5, 5.41) is 14.4. The minimum atomic E-state index is -0.487. The van der Waals surface area contributed by atoms with E-state index in [1.54, 1.807) is 23.1 Å². The molecule has 7 heteroatoms. The maximum absolute atomic E-state index is 12.5. The number of rotatable bonds is 2. The van der Waals surface area contributed by atoms with Crippen molar-refractivity contribution in [2.75, 3.05) is 26.2 Å². The minimum absolute atomic E-state index is 0. The smallest absolute Gasteiger partial charge is 0.282 e. The van der Waals surface area contributed by atoms with E-state index >= 15 is 0 Å². The summed E-state index contributed by atoms with van der Waals surface area (Å²) >= 11 is 0. The fourth-order valence-corrected chi connectivity index (χ4v) is 3.39. The first kappa shape index (κ1) is 16.7. The van der Waals surface area contributed by atoms with E-state index in [2.05, 4.69) is 5.32 Å². The van der Waals surface area contributed by atoms with Crippen molar-refractivity contribution in [1.29, 1.82) is 0 Å². The predicted octanol–water partition coefficient (Wildman–Crippen LogP) is 2.23. The van der Waals surface area contributed by atoms with Crippen LogP contribution in [0.1, 0.15) is 29.6 Å². The summed E-state index contributed by atoms with van der Waals surface area (Å²) in [7, 11) is 0. The molecule has 2 heterocycles. The number of piperidine rings is 1. The van der Waals surface area contributed by atoms with Crippen molar-refractivity contribution >= 4 is 24.0 Å². The molecule has 3 rings (SSSR count). The molecule has 1 amide bonds. The third kappa shape index (κ3) is 3.08. The number of hydrogen-bond donors (Lipinski definition) is 1. The van der Waals surface area contributed by atoms with Crippen LogP contribution in [0, 0.1) is 15.5 Å². The molecule has 0 radical (unpaired) electrons. The molecule has 1 spiro atoms. The van der Waals surface area contributed by atoms with E-state index in [0.29, 0.717) is 18.5 Å². The van der Waals surface area contributed by atoms with Crippen LogP contribution < -0.4 is 5.32 Å². The lowest BCUT2D eigenvalue weighted by atomic mass is 9.78. The summed E-state index contributed by atoms with van der Waals surface area (Å²) in [5.74, 6) is -0.219. The van der Waals surface area contributed by atoms with Crippen molar-refractivity contribution in [1.82, 2.24) is 10.2 Å². The van der Waals surface area contributed by atoms with E-state index in [4.69, 9.17) is 0 Å². The number of para-hydroxylation sites is 1.